The highest BCUT2D eigenvalue weighted by Gasteiger charge is 2.36. The van der Waals surface area contributed by atoms with Crippen molar-refractivity contribution in [2.24, 2.45) is 55.1 Å². The Balaban J connectivity index is 1.67. The van der Waals surface area contributed by atoms with Crippen molar-refractivity contribution in [1.82, 2.24) is 42.5 Å². The molecular formula is C59H84N18O9. The second-order valence-electron chi connectivity index (χ2n) is 20.9. The predicted octanol–water partition coefficient (Wildman–Crippen LogP) is -2.57. The molecule has 1 aliphatic heterocycles. The summed E-state index contributed by atoms with van der Waals surface area (Å²) in [7, 11) is 0. The molecule has 0 radical (unpaired) electrons. The van der Waals surface area contributed by atoms with Gasteiger partial charge in [0.2, 0.25) is 47.3 Å². The number of fused-ring (bicyclic) bond motifs is 1. The normalized spacial score (nSPS) is 21.3. The van der Waals surface area contributed by atoms with E-state index in [9.17, 15) is 38.7 Å². The molecule has 4 aromatic carbocycles. The predicted molar refractivity (Wildman–Crippen MR) is 328 cm³/mol. The number of nitrogens with two attached hydrogens (primary N) is 7. The van der Waals surface area contributed by atoms with Crippen LogP contribution in [0.15, 0.2) is 118 Å². The summed E-state index contributed by atoms with van der Waals surface area (Å²) in [4.78, 5) is 130. The van der Waals surface area contributed by atoms with Crippen LogP contribution in [0.4, 0.5) is 0 Å². The summed E-state index contributed by atoms with van der Waals surface area (Å²) >= 11 is 0. The van der Waals surface area contributed by atoms with Gasteiger partial charge in [0.05, 0.1) is 6.61 Å². The Morgan fingerprint density at radius 3 is 1.16 bits per heavy atom. The Labute approximate surface area is 499 Å². The molecule has 0 aliphatic carbocycles. The number of carbonyl (C=O) groups is 8. The molecule has 1 fully saturated rings. The molecule has 5 rings (SSSR count). The molecule has 27 heteroatoms. The Kier molecular flexibility index (Phi) is 28.0. The van der Waals surface area contributed by atoms with Gasteiger partial charge in [-0.05, 0) is 105 Å². The van der Waals surface area contributed by atoms with Gasteiger partial charge < -0.3 is 87.8 Å². The zero-order valence-corrected chi connectivity index (χ0v) is 48.3. The summed E-state index contributed by atoms with van der Waals surface area (Å²) in [6.07, 6.45) is 0.758. The van der Waals surface area contributed by atoms with Crippen molar-refractivity contribution in [1.29, 1.82) is 0 Å². The third-order valence-electron chi connectivity index (χ3n) is 14.2. The molecule has 1 aliphatic rings. The van der Waals surface area contributed by atoms with Crippen LogP contribution < -0.4 is 82.7 Å². The average molecular weight is 1190 g/mol. The summed E-state index contributed by atoms with van der Waals surface area (Å²) in [6, 6.07) is 19.2. The summed E-state index contributed by atoms with van der Waals surface area (Å²) in [5.74, 6) is -7.58. The quantitative estimate of drug-likeness (QED) is 0.0195. The Morgan fingerprint density at radius 2 is 0.721 bits per heavy atom. The van der Waals surface area contributed by atoms with Gasteiger partial charge in [0.1, 0.15) is 48.3 Å². The van der Waals surface area contributed by atoms with Crippen molar-refractivity contribution >= 4 is 75.9 Å². The molecule has 27 nitrogen and oxygen atoms in total. The maximum absolute atomic E-state index is 15.2. The molecule has 8 amide bonds. The number of aliphatic imine (C=N–C) groups is 3. The molecule has 1 saturated heterocycles. The number of unbranched alkanes of at least 4 members (excludes halogenated alkanes) is 1. The number of guanidine groups is 3. The molecule has 0 spiro atoms. The van der Waals surface area contributed by atoms with Gasteiger partial charge in [-0.3, -0.25) is 53.3 Å². The van der Waals surface area contributed by atoms with Gasteiger partial charge in [0, 0.05) is 32.5 Å². The van der Waals surface area contributed by atoms with Crippen LogP contribution >= 0.6 is 0 Å². The molecule has 8 atom stereocenters. The van der Waals surface area contributed by atoms with E-state index in [0.29, 0.717) is 24.0 Å². The summed E-state index contributed by atoms with van der Waals surface area (Å²) < 4.78 is 0. The van der Waals surface area contributed by atoms with E-state index in [1.807, 2.05) is 60.7 Å². The zero-order chi connectivity index (χ0) is 62.4. The van der Waals surface area contributed by atoms with Crippen molar-refractivity contribution in [3.63, 3.8) is 0 Å². The van der Waals surface area contributed by atoms with Gasteiger partial charge >= 0.3 is 0 Å². The number of carbonyl (C=O) groups excluding carboxylic acids is 8. The fraction of sp³-hybridized carbons (Fsp3) is 0.441. The van der Waals surface area contributed by atoms with E-state index in [1.54, 1.807) is 42.5 Å². The smallest absolute Gasteiger partial charge is 0.245 e. The highest BCUT2D eigenvalue weighted by Crippen LogP contribution is 2.21. The van der Waals surface area contributed by atoms with Crippen LogP contribution in [0, 0.1) is 0 Å². The first-order valence-corrected chi connectivity index (χ1v) is 28.8. The second-order valence-corrected chi connectivity index (χ2v) is 20.9. The van der Waals surface area contributed by atoms with Crippen LogP contribution in [0.25, 0.3) is 10.8 Å². The molecule has 0 bridgehead atoms. The van der Waals surface area contributed by atoms with Crippen LogP contribution in [0.5, 0.6) is 0 Å². The first kappa shape index (κ1) is 67.4. The third kappa shape index (κ3) is 23.0. The lowest BCUT2D eigenvalue weighted by atomic mass is 9.97. The molecule has 86 heavy (non-hydrogen) atoms. The van der Waals surface area contributed by atoms with Crippen molar-refractivity contribution in [3.8, 4) is 0 Å². The number of aliphatic hydroxyl groups excluding tert-OH is 1. The van der Waals surface area contributed by atoms with E-state index >= 15 is 4.79 Å². The summed E-state index contributed by atoms with van der Waals surface area (Å²) in [6.45, 7) is -0.652. The molecule has 0 saturated carbocycles. The molecule has 23 N–H and O–H groups in total. The zero-order valence-electron chi connectivity index (χ0n) is 48.3. The monoisotopic (exact) mass is 1190 g/mol. The molecule has 4 aromatic rings. The number of hydrogen-bond donors (Lipinski definition) is 16. The molecule has 0 aromatic heterocycles. The average Bonchev–Trinajstić information content (AvgIpc) is 3.28. The van der Waals surface area contributed by atoms with E-state index in [2.05, 4.69) is 57.5 Å². The number of hydrogen-bond acceptors (Lipinski definition) is 13. The maximum atomic E-state index is 15.2. The van der Waals surface area contributed by atoms with Crippen LogP contribution in [-0.2, 0) is 57.6 Å². The largest absolute Gasteiger partial charge is 0.394 e. The van der Waals surface area contributed by atoms with Gasteiger partial charge in [-0.15, -0.1) is 0 Å². The van der Waals surface area contributed by atoms with Gasteiger partial charge in [-0.2, -0.15) is 0 Å². The number of aliphatic hydroxyl groups is 1. The SMILES string of the molecule is NCCCC[C@@H]1NC(=O)[C@H](CCCN=C(N)N)NC(=O)[C@H](CCCN=C(N)N)NC(=O)[C@@H](CCCN=C(N)N)NC(=O)[C@@H](Cc2ccccc2)NC(=O)[C@H](Cc2cccc3ccccc23)NC(=O)[C@H](CCc2ccccc2)NC(=O)[C@H](CO)NC1=O. The Bertz CT molecular complexity index is 2970. The van der Waals surface area contributed by atoms with Crippen LogP contribution in [0.1, 0.15) is 80.9 Å². The number of nitrogens with zero attached hydrogens (tertiary/aromatic N) is 3. The minimum absolute atomic E-state index is 0.0164. The lowest BCUT2D eigenvalue weighted by Crippen LogP contribution is -2.62. The van der Waals surface area contributed by atoms with Crippen molar-refractivity contribution < 1.29 is 43.5 Å². The minimum Gasteiger partial charge on any atom is -0.394 e. The molecule has 464 valence electrons. The second kappa shape index (κ2) is 35.7. The van der Waals surface area contributed by atoms with Gasteiger partial charge in [0.25, 0.3) is 0 Å². The number of aryl methyl sites for hydroxylation is 1. The highest BCUT2D eigenvalue weighted by molar-refractivity contribution is 5.99. The van der Waals surface area contributed by atoms with Crippen molar-refractivity contribution in [2.75, 3.05) is 32.8 Å². The minimum atomic E-state index is -1.69. The van der Waals surface area contributed by atoms with E-state index in [4.69, 9.17) is 40.1 Å². The van der Waals surface area contributed by atoms with E-state index < -0.39 is 102 Å². The fourth-order valence-electron chi connectivity index (χ4n) is 9.63. The van der Waals surface area contributed by atoms with E-state index in [0.717, 1.165) is 16.3 Å². The molecule has 1 heterocycles. The van der Waals surface area contributed by atoms with Crippen molar-refractivity contribution in [2.45, 2.75) is 132 Å². The van der Waals surface area contributed by atoms with E-state index in [1.165, 1.54) is 0 Å². The first-order chi connectivity index (χ1) is 41.3. The summed E-state index contributed by atoms with van der Waals surface area (Å²) in [5, 5.41) is 34.2. The molecular weight excluding hydrogens is 1100 g/mol. The third-order valence-corrected chi connectivity index (χ3v) is 14.2. The van der Waals surface area contributed by atoms with Gasteiger partial charge in [-0.25, -0.2) is 0 Å². The first-order valence-electron chi connectivity index (χ1n) is 28.8. The highest BCUT2D eigenvalue weighted by atomic mass is 16.3. The Morgan fingerprint density at radius 1 is 0.372 bits per heavy atom. The molecule has 0 unspecified atom stereocenters. The van der Waals surface area contributed by atoms with Gasteiger partial charge in [0.15, 0.2) is 17.9 Å². The Hall–Kier alpha value is -9.37. The van der Waals surface area contributed by atoms with Crippen molar-refractivity contribution in [3.05, 3.63) is 120 Å². The standard InChI is InChI=1S/C59H84N18O9/c60-29-10-9-23-41-52(82)77-48(35-78)56(86)74-45(28-27-36-15-3-1-4-16-36)53(83)76-47(34-39-21-11-20-38-19-7-8-22-40(38)39)55(85)75-46(33-37-17-5-2-6-18-37)54(84)73-44(26-14-32-69-59(65)66)51(81)72-43(25-13-31-68-58(63)64)50(80)71-42(49(79)70-41)24-12-30-67-57(61)62/h1-8,11,15-22,41-48,78H,9-10,12-14,23-35,60H2,(H,70,79)(H,71,80)(H,72,81)(H,73,84)(H,74,86)(H,75,85)(H,76,83)(H,77,82)(H4,61,62,67)(H4,63,64,68)(H4,65,66,69)/t41-,42-,43-,44+,45-,46+,47-,48-/m0/s1. The van der Waals surface area contributed by atoms with Crippen LogP contribution in [0.2, 0.25) is 0 Å². The number of nitrogens with one attached hydrogen (secondary N) is 8. The number of benzene rings is 4. The van der Waals surface area contributed by atoms with Gasteiger partial charge in [-0.1, -0.05) is 103 Å². The van der Waals surface area contributed by atoms with Crippen LogP contribution in [0.3, 0.4) is 0 Å². The van der Waals surface area contributed by atoms with E-state index in [-0.39, 0.29) is 115 Å². The topological polar surface area (TPSA) is 472 Å². The van der Waals surface area contributed by atoms with Crippen LogP contribution in [-0.4, -0.2) is 151 Å². The number of amides is 8. The summed E-state index contributed by atoms with van der Waals surface area (Å²) in [5.41, 5.74) is 41.5. The maximum Gasteiger partial charge on any atom is 0.245 e. The lowest BCUT2D eigenvalue weighted by molar-refractivity contribution is -0.137. The lowest BCUT2D eigenvalue weighted by Gasteiger charge is -2.29. The number of rotatable bonds is 24. The fourth-order valence-corrected chi connectivity index (χ4v) is 9.63.